The molecule has 1 saturated heterocycles. The van der Waals surface area contributed by atoms with Gasteiger partial charge in [0.05, 0.1) is 5.60 Å². The van der Waals surface area contributed by atoms with E-state index in [4.69, 9.17) is 4.74 Å². The van der Waals surface area contributed by atoms with Crippen LogP contribution in [0.4, 0.5) is 0 Å². The highest BCUT2D eigenvalue weighted by molar-refractivity contribution is 5.92. The van der Waals surface area contributed by atoms with Crippen molar-refractivity contribution in [1.82, 2.24) is 0 Å². The van der Waals surface area contributed by atoms with Crippen molar-refractivity contribution in [2.24, 2.45) is 17.3 Å². The molecule has 0 bridgehead atoms. The van der Waals surface area contributed by atoms with Crippen LogP contribution in [0.5, 0.6) is 0 Å². The number of aliphatic hydroxyl groups is 1. The van der Waals surface area contributed by atoms with E-state index in [0.29, 0.717) is 18.3 Å². The molecule has 1 heterocycles. The van der Waals surface area contributed by atoms with Gasteiger partial charge in [-0.05, 0) is 80.8 Å². The molecule has 1 N–H and O–H groups in total. The zero-order valence-corrected chi connectivity index (χ0v) is 13.7. The Morgan fingerprint density at radius 3 is 2.73 bits per heavy atom. The highest BCUT2D eigenvalue weighted by Crippen LogP contribution is 2.75. The average molecular weight is 302 g/mol. The molecule has 0 amide bonds. The van der Waals surface area contributed by atoms with Crippen molar-refractivity contribution in [1.29, 1.82) is 0 Å². The number of hydrogen-bond acceptors (Lipinski definition) is 3. The summed E-state index contributed by atoms with van der Waals surface area (Å²) in [5, 5.41) is 10.9. The van der Waals surface area contributed by atoms with Gasteiger partial charge in [0, 0.05) is 6.42 Å². The number of carbonyl (C=O) groups excluding carboxylic acids is 1. The molecule has 3 heteroatoms. The van der Waals surface area contributed by atoms with Gasteiger partial charge in [-0.25, -0.2) is 0 Å². The fourth-order valence-corrected chi connectivity index (χ4v) is 6.87. The van der Waals surface area contributed by atoms with Crippen molar-refractivity contribution in [2.75, 3.05) is 0 Å². The first kappa shape index (κ1) is 13.7. The van der Waals surface area contributed by atoms with Crippen LogP contribution in [0.25, 0.3) is 0 Å². The topological polar surface area (TPSA) is 49.8 Å². The number of carbonyl (C=O) groups is 1. The smallest absolute Gasteiger partial charge is 0.155 e. The van der Waals surface area contributed by atoms with Gasteiger partial charge >= 0.3 is 0 Å². The van der Waals surface area contributed by atoms with Gasteiger partial charge in [0.1, 0.15) is 11.2 Å². The van der Waals surface area contributed by atoms with Gasteiger partial charge in [-0.15, -0.1) is 0 Å². The van der Waals surface area contributed by atoms with Crippen LogP contribution >= 0.6 is 0 Å². The first-order chi connectivity index (χ1) is 10.3. The Morgan fingerprint density at radius 2 is 1.91 bits per heavy atom. The van der Waals surface area contributed by atoms with E-state index in [2.05, 4.69) is 6.92 Å². The van der Waals surface area contributed by atoms with Crippen molar-refractivity contribution >= 4 is 5.78 Å². The average Bonchev–Trinajstić information content (AvgIpc) is 3.07. The number of rotatable bonds is 0. The second-order valence-corrected chi connectivity index (χ2v) is 8.94. The predicted molar refractivity (Wildman–Crippen MR) is 82.3 cm³/mol. The normalized spacial score (nSPS) is 59.0. The summed E-state index contributed by atoms with van der Waals surface area (Å²) in [7, 11) is 0. The maximum atomic E-state index is 11.8. The first-order valence-corrected chi connectivity index (χ1v) is 9.01. The van der Waals surface area contributed by atoms with E-state index in [1.165, 1.54) is 5.57 Å². The summed E-state index contributed by atoms with van der Waals surface area (Å²) < 4.78 is 6.53. The summed E-state index contributed by atoms with van der Waals surface area (Å²) in [6, 6.07) is 0. The standard InChI is InChI=1S/C19H26O3/c1-16-9-10-19-15(14(16)6-7-17(16,2)21)4-3-12-11-13(20)5-8-18(12,19)22-19/h11,14-15,21H,3-10H2,1-2H3/t14-,15-,16-,17-,18-,19+/m0/s1. The summed E-state index contributed by atoms with van der Waals surface area (Å²) in [5.74, 6) is 1.44. The highest BCUT2D eigenvalue weighted by atomic mass is 16.6. The van der Waals surface area contributed by atoms with Gasteiger partial charge < -0.3 is 9.84 Å². The number of ether oxygens (including phenoxy) is 1. The summed E-state index contributed by atoms with van der Waals surface area (Å²) >= 11 is 0. The molecule has 0 aromatic carbocycles. The molecule has 3 nitrogen and oxygen atoms in total. The van der Waals surface area contributed by atoms with E-state index >= 15 is 0 Å². The monoisotopic (exact) mass is 302 g/mol. The van der Waals surface area contributed by atoms with Crippen LogP contribution in [0.1, 0.15) is 65.2 Å². The van der Waals surface area contributed by atoms with Gasteiger partial charge in [-0.3, -0.25) is 4.79 Å². The van der Waals surface area contributed by atoms with Crippen LogP contribution in [0, 0.1) is 17.3 Å². The summed E-state index contributed by atoms with van der Waals surface area (Å²) in [6.07, 6.45) is 9.78. The van der Waals surface area contributed by atoms with Crippen LogP contribution in [-0.4, -0.2) is 27.7 Å². The molecule has 4 aliphatic carbocycles. The fraction of sp³-hybridized carbons (Fsp3) is 0.842. The Labute approximate surface area is 132 Å². The van der Waals surface area contributed by atoms with Crippen molar-refractivity contribution in [2.45, 2.75) is 82.0 Å². The Balaban J connectivity index is 1.56. The van der Waals surface area contributed by atoms with Gasteiger partial charge in [0.2, 0.25) is 0 Å². The lowest BCUT2D eigenvalue weighted by atomic mass is 9.50. The Bertz CT molecular complexity index is 606. The lowest BCUT2D eigenvalue weighted by Gasteiger charge is -2.52. The Hall–Kier alpha value is -0.670. The molecule has 5 rings (SSSR count). The van der Waals surface area contributed by atoms with Crippen LogP contribution < -0.4 is 0 Å². The van der Waals surface area contributed by atoms with E-state index < -0.39 is 5.60 Å². The largest absolute Gasteiger partial charge is 0.390 e. The number of ketones is 1. The Morgan fingerprint density at radius 1 is 1.09 bits per heavy atom. The molecule has 22 heavy (non-hydrogen) atoms. The molecule has 0 aromatic heterocycles. The molecule has 0 unspecified atom stereocenters. The van der Waals surface area contributed by atoms with Gasteiger partial charge in [0.15, 0.2) is 5.78 Å². The van der Waals surface area contributed by atoms with Crippen LogP contribution in [0.15, 0.2) is 11.6 Å². The third-order valence-corrected chi connectivity index (χ3v) is 8.39. The van der Waals surface area contributed by atoms with E-state index in [9.17, 15) is 9.90 Å². The summed E-state index contributed by atoms with van der Waals surface area (Å²) in [5.41, 5.74) is 0.706. The maximum Gasteiger partial charge on any atom is 0.155 e. The minimum atomic E-state index is -0.528. The zero-order valence-electron chi connectivity index (χ0n) is 13.7. The molecule has 4 fully saturated rings. The minimum Gasteiger partial charge on any atom is -0.390 e. The Kier molecular flexibility index (Phi) is 2.31. The first-order valence-electron chi connectivity index (χ1n) is 9.01. The van der Waals surface area contributed by atoms with Crippen LogP contribution in [0.2, 0.25) is 0 Å². The van der Waals surface area contributed by atoms with Crippen LogP contribution in [0.3, 0.4) is 0 Å². The molecule has 120 valence electrons. The molecule has 0 aromatic rings. The maximum absolute atomic E-state index is 11.8. The number of fused-ring (bicyclic) bond motifs is 2. The summed E-state index contributed by atoms with van der Waals surface area (Å²) in [4.78, 5) is 11.8. The van der Waals surface area contributed by atoms with Crippen molar-refractivity contribution in [3.63, 3.8) is 0 Å². The molecule has 6 atom stereocenters. The van der Waals surface area contributed by atoms with Crippen molar-refractivity contribution < 1.29 is 14.6 Å². The van der Waals surface area contributed by atoms with E-state index in [-0.39, 0.29) is 22.4 Å². The quantitative estimate of drug-likeness (QED) is 0.699. The lowest BCUT2D eigenvalue weighted by molar-refractivity contribution is -0.115. The second-order valence-electron chi connectivity index (χ2n) is 8.94. The lowest BCUT2D eigenvalue weighted by Crippen LogP contribution is -2.55. The third-order valence-electron chi connectivity index (χ3n) is 8.39. The molecule has 3 saturated carbocycles. The zero-order chi connectivity index (χ0) is 15.4. The summed E-state index contributed by atoms with van der Waals surface area (Å²) in [6.45, 7) is 4.35. The number of epoxide rings is 1. The highest BCUT2D eigenvalue weighted by Gasteiger charge is 2.80. The third kappa shape index (κ3) is 1.28. The molecule has 0 radical (unpaired) electrons. The van der Waals surface area contributed by atoms with E-state index in [0.717, 1.165) is 44.9 Å². The molecular weight excluding hydrogens is 276 g/mol. The molecule has 2 spiro atoms. The van der Waals surface area contributed by atoms with Crippen molar-refractivity contribution in [3.05, 3.63) is 11.6 Å². The van der Waals surface area contributed by atoms with Crippen LogP contribution in [-0.2, 0) is 9.53 Å². The molecule has 1 aliphatic heterocycles. The molecular formula is C19H26O3. The van der Waals surface area contributed by atoms with E-state index in [1.54, 1.807) is 0 Å². The SMILES string of the molecule is C[C@]1(O)CC[C@H]2[C@@H]3CCC4=CC(=O)CC[C@]45O[C@]35CC[C@@]21C. The van der Waals surface area contributed by atoms with Gasteiger partial charge in [0.25, 0.3) is 0 Å². The predicted octanol–water partition coefficient (Wildman–Crippen LogP) is 3.15. The van der Waals surface area contributed by atoms with Gasteiger partial charge in [-0.2, -0.15) is 0 Å². The second kappa shape index (κ2) is 3.70. The fourth-order valence-electron chi connectivity index (χ4n) is 6.87. The number of hydrogen-bond donors (Lipinski definition) is 1. The minimum absolute atomic E-state index is 0.00236. The van der Waals surface area contributed by atoms with Crippen molar-refractivity contribution in [3.8, 4) is 0 Å². The van der Waals surface area contributed by atoms with E-state index in [1.807, 2.05) is 13.0 Å². The molecule has 5 aliphatic rings. The van der Waals surface area contributed by atoms with Gasteiger partial charge in [-0.1, -0.05) is 6.92 Å².